The highest BCUT2D eigenvalue weighted by molar-refractivity contribution is 9.10. The van der Waals surface area contributed by atoms with E-state index in [0.717, 1.165) is 16.5 Å². The molecule has 104 valence electrons. The minimum Gasteiger partial charge on any atom is -0.490 e. The monoisotopic (exact) mass is 329 g/mol. The molecule has 1 heterocycles. The highest BCUT2D eigenvalue weighted by atomic mass is 79.9. The van der Waals surface area contributed by atoms with Gasteiger partial charge in [0, 0.05) is 12.5 Å². The first-order valence-electron chi connectivity index (χ1n) is 6.03. The molecule has 1 aromatic rings. The summed E-state index contributed by atoms with van der Waals surface area (Å²) in [5, 5.41) is 0. The molecular formula is C13H16BrNO4. The van der Waals surface area contributed by atoms with E-state index in [4.69, 9.17) is 15.2 Å². The molecule has 0 fully saturated rings. The van der Waals surface area contributed by atoms with E-state index in [1.165, 1.54) is 7.11 Å². The zero-order valence-corrected chi connectivity index (χ0v) is 12.2. The lowest BCUT2D eigenvalue weighted by Crippen LogP contribution is -2.16. The van der Waals surface area contributed by atoms with Crippen LogP contribution in [0.15, 0.2) is 16.6 Å². The summed E-state index contributed by atoms with van der Waals surface area (Å²) in [5.41, 5.74) is 6.80. The SMILES string of the molecule is COC(=O)C[C@@H](N)c1cc(Br)c2c(c1)OCCCO2. The Labute approximate surface area is 120 Å². The minimum atomic E-state index is -0.430. The molecule has 2 N–H and O–H groups in total. The van der Waals surface area contributed by atoms with Crippen LogP contribution in [0.1, 0.15) is 24.4 Å². The average molecular weight is 330 g/mol. The van der Waals surface area contributed by atoms with Gasteiger partial charge in [-0.3, -0.25) is 4.79 Å². The van der Waals surface area contributed by atoms with E-state index in [9.17, 15) is 4.79 Å². The maximum absolute atomic E-state index is 11.3. The van der Waals surface area contributed by atoms with Crippen LogP contribution in [-0.2, 0) is 9.53 Å². The molecule has 6 heteroatoms. The smallest absolute Gasteiger partial charge is 0.307 e. The molecule has 1 aromatic carbocycles. The minimum absolute atomic E-state index is 0.128. The fourth-order valence-electron chi connectivity index (χ4n) is 1.85. The van der Waals surface area contributed by atoms with Gasteiger partial charge in [-0.25, -0.2) is 0 Å². The number of fused-ring (bicyclic) bond motifs is 1. The quantitative estimate of drug-likeness (QED) is 0.860. The topological polar surface area (TPSA) is 70.8 Å². The van der Waals surface area contributed by atoms with Crippen molar-refractivity contribution in [2.45, 2.75) is 18.9 Å². The van der Waals surface area contributed by atoms with Gasteiger partial charge < -0.3 is 19.9 Å². The van der Waals surface area contributed by atoms with Gasteiger partial charge in [-0.05, 0) is 33.6 Å². The molecule has 1 aliphatic rings. The molecule has 0 spiro atoms. The lowest BCUT2D eigenvalue weighted by molar-refractivity contribution is -0.141. The number of carbonyl (C=O) groups is 1. The molecule has 19 heavy (non-hydrogen) atoms. The van der Waals surface area contributed by atoms with Gasteiger partial charge in [0.1, 0.15) is 0 Å². The van der Waals surface area contributed by atoms with Crippen molar-refractivity contribution in [2.75, 3.05) is 20.3 Å². The Morgan fingerprint density at radius 2 is 2.21 bits per heavy atom. The lowest BCUT2D eigenvalue weighted by Gasteiger charge is -2.15. The van der Waals surface area contributed by atoms with Crippen LogP contribution >= 0.6 is 15.9 Å². The zero-order valence-electron chi connectivity index (χ0n) is 10.6. The van der Waals surface area contributed by atoms with Crippen molar-refractivity contribution < 1.29 is 19.0 Å². The Kier molecular flexibility index (Phi) is 4.66. The van der Waals surface area contributed by atoms with E-state index < -0.39 is 6.04 Å². The molecule has 0 unspecified atom stereocenters. The Balaban J connectivity index is 2.25. The van der Waals surface area contributed by atoms with Gasteiger partial charge in [0.25, 0.3) is 0 Å². The van der Waals surface area contributed by atoms with Gasteiger partial charge in [-0.1, -0.05) is 0 Å². The fourth-order valence-corrected chi connectivity index (χ4v) is 2.42. The molecule has 5 nitrogen and oxygen atoms in total. The predicted octanol–water partition coefficient (Wildman–Crippen LogP) is 2.17. The Hall–Kier alpha value is -1.27. The molecule has 0 bridgehead atoms. The van der Waals surface area contributed by atoms with Crippen LogP contribution in [0.5, 0.6) is 11.5 Å². The standard InChI is InChI=1S/C13H16BrNO4/c1-17-12(16)7-10(15)8-5-9(14)13-11(6-8)18-3-2-4-19-13/h5-6,10H,2-4,7,15H2,1H3/t10-/m1/s1. The first-order chi connectivity index (χ1) is 9.11. The Morgan fingerprint density at radius 1 is 1.47 bits per heavy atom. The number of ether oxygens (including phenoxy) is 3. The normalized spacial score (nSPS) is 15.5. The number of esters is 1. The van der Waals surface area contributed by atoms with E-state index in [-0.39, 0.29) is 12.4 Å². The summed E-state index contributed by atoms with van der Waals surface area (Å²) >= 11 is 3.44. The van der Waals surface area contributed by atoms with E-state index in [1.54, 1.807) is 0 Å². The maximum atomic E-state index is 11.3. The van der Waals surface area contributed by atoms with Gasteiger partial charge in [-0.2, -0.15) is 0 Å². The number of rotatable bonds is 3. The number of hydrogen-bond donors (Lipinski definition) is 1. The van der Waals surface area contributed by atoms with Gasteiger partial charge >= 0.3 is 5.97 Å². The third-order valence-corrected chi connectivity index (χ3v) is 3.46. The maximum Gasteiger partial charge on any atom is 0.307 e. The van der Waals surface area contributed by atoms with Crippen molar-refractivity contribution in [3.8, 4) is 11.5 Å². The summed E-state index contributed by atoms with van der Waals surface area (Å²) in [6.45, 7) is 1.23. The Bertz CT molecular complexity index is 478. The van der Waals surface area contributed by atoms with Crippen LogP contribution in [0.3, 0.4) is 0 Å². The summed E-state index contributed by atoms with van der Waals surface area (Å²) < 4.78 is 16.6. The van der Waals surface area contributed by atoms with Crippen LogP contribution in [-0.4, -0.2) is 26.3 Å². The summed E-state index contributed by atoms with van der Waals surface area (Å²) in [5.74, 6) is 1.00. The fraction of sp³-hybridized carbons (Fsp3) is 0.462. The van der Waals surface area contributed by atoms with E-state index in [2.05, 4.69) is 20.7 Å². The molecule has 0 aromatic heterocycles. The highest BCUT2D eigenvalue weighted by Gasteiger charge is 2.19. The van der Waals surface area contributed by atoms with Gasteiger partial charge in [-0.15, -0.1) is 0 Å². The lowest BCUT2D eigenvalue weighted by atomic mass is 10.0. The van der Waals surface area contributed by atoms with Crippen molar-refractivity contribution in [1.29, 1.82) is 0 Å². The summed E-state index contributed by atoms with van der Waals surface area (Å²) in [7, 11) is 1.35. The van der Waals surface area contributed by atoms with Crippen LogP contribution < -0.4 is 15.2 Å². The molecule has 0 aliphatic carbocycles. The molecule has 0 saturated carbocycles. The molecule has 2 rings (SSSR count). The average Bonchev–Trinajstić information content (AvgIpc) is 2.63. The van der Waals surface area contributed by atoms with Crippen molar-refractivity contribution in [3.63, 3.8) is 0 Å². The van der Waals surface area contributed by atoms with E-state index in [0.29, 0.717) is 24.7 Å². The number of nitrogens with two attached hydrogens (primary N) is 1. The molecule has 0 saturated heterocycles. The molecule has 1 atom stereocenters. The van der Waals surface area contributed by atoms with E-state index in [1.807, 2.05) is 12.1 Å². The van der Waals surface area contributed by atoms with Crippen LogP contribution in [0, 0.1) is 0 Å². The number of halogens is 1. The number of hydrogen-bond acceptors (Lipinski definition) is 5. The number of benzene rings is 1. The first kappa shape index (κ1) is 14.1. The van der Waals surface area contributed by atoms with E-state index >= 15 is 0 Å². The van der Waals surface area contributed by atoms with Gasteiger partial charge in [0.15, 0.2) is 11.5 Å². The first-order valence-corrected chi connectivity index (χ1v) is 6.82. The molecule has 1 aliphatic heterocycles. The third-order valence-electron chi connectivity index (χ3n) is 2.87. The van der Waals surface area contributed by atoms with Crippen molar-refractivity contribution >= 4 is 21.9 Å². The summed E-state index contributed by atoms with van der Waals surface area (Å²) in [6.07, 6.45) is 0.966. The highest BCUT2D eigenvalue weighted by Crippen LogP contribution is 2.39. The second-order valence-electron chi connectivity index (χ2n) is 4.27. The Morgan fingerprint density at radius 3 is 2.95 bits per heavy atom. The number of methoxy groups -OCH3 is 1. The zero-order chi connectivity index (χ0) is 13.8. The van der Waals surface area contributed by atoms with Crippen molar-refractivity contribution in [1.82, 2.24) is 0 Å². The second kappa shape index (κ2) is 6.25. The second-order valence-corrected chi connectivity index (χ2v) is 5.12. The molecule has 0 radical (unpaired) electrons. The molecular weight excluding hydrogens is 314 g/mol. The third kappa shape index (κ3) is 3.39. The van der Waals surface area contributed by atoms with Gasteiger partial charge in [0.2, 0.25) is 0 Å². The van der Waals surface area contributed by atoms with Crippen LogP contribution in [0.2, 0.25) is 0 Å². The van der Waals surface area contributed by atoms with Crippen LogP contribution in [0.4, 0.5) is 0 Å². The summed E-state index contributed by atoms with van der Waals surface area (Å²) in [6, 6.07) is 3.24. The van der Waals surface area contributed by atoms with Gasteiger partial charge in [0.05, 0.1) is 31.2 Å². The molecule has 0 amide bonds. The van der Waals surface area contributed by atoms with Crippen molar-refractivity contribution in [2.24, 2.45) is 5.73 Å². The predicted molar refractivity (Wildman–Crippen MR) is 73.3 cm³/mol. The van der Waals surface area contributed by atoms with Crippen LogP contribution in [0.25, 0.3) is 0 Å². The summed E-state index contributed by atoms with van der Waals surface area (Å²) in [4.78, 5) is 11.3. The van der Waals surface area contributed by atoms with Crippen molar-refractivity contribution in [3.05, 3.63) is 22.2 Å². The largest absolute Gasteiger partial charge is 0.490 e. The number of carbonyl (C=O) groups excluding carboxylic acids is 1.